The van der Waals surface area contributed by atoms with Crippen LogP contribution in [0.2, 0.25) is 0 Å². The monoisotopic (exact) mass is 463 g/mol. The van der Waals surface area contributed by atoms with Crippen LogP contribution in [0.3, 0.4) is 0 Å². The van der Waals surface area contributed by atoms with Crippen LogP contribution in [-0.4, -0.2) is 36.0 Å². The van der Waals surface area contributed by atoms with Crippen LogP contribution in [0.1, 0.15) is 18.4 Å². The van der Waals surface area contributed by atoms with Gasteiger partial charge in [0.1, 0.15) is 11.6 Å². The number of rotatable bonds is 6. The molecular weight excluding hydrogens is 442 g/mol. The van der Waals surface area contributed by atoms with E-state index in [1.165, 1.54) is 29.3 Å². The number of benzene rings is 2. The van der Waals surface area contributed by atoms with Gasteiger partial charge in [0.25, 0.3) is 15.9 Å². The summed E-state index contributed by atoms with van der Waals surface area (Å²) in [5.41, 5.74) is 2.23. The summed E-state index contributed by atoms with van der Waals surface area (Å²) in [5.74, 6) is 0.358. The summed E-state index contributed by atoms with van der Waals surface area (Å²) in [6.07, 6.45) is 0. The van der Waals surface area contributed by atoms with E-state index in [9.17, 15) is 13.2 Å². The van der Waals surface area contributed by atoms with Gasteiger partial charge in [0.15, 0.2) is 6.04 Å². The molecule has 3 aromatic rings. The molecule has 11 heteroatoms. The number of carbonyl (C=O) groups excluding carboxylic acids is 1. The second-order valence-corrected chi connectivity index (χ2v) is 9.07. The van der Waals surface area contributed by atoms with Gasteiger partial charge in [-0.3, -0.25) is 9.52 Å². The Morgan fingerprint density at radius 1 is 0.970 bits per heavy atom. The quantitative estimate of drug-likeness (QED) is 0.556. The van der Waals surface area contributed by atoms with Crippen molar-refractivity contribution in [1.29, 1.82) is 0 Å². The minimum atomic E-state index is -3.84. The molecule has 4 rings (SSSR count). The van der Waals surface area contributed by atoms with Gasteiger partial charge in [-0.05, 0) is 57.2 Å². The van der Waals surface area contributed by atoms with Crippen LogP contribution in [0.4, 0.5) is 17.2 Å². The molecule has 1 amide bonds. The molecule has 2 heterocycles. The number of aryl methyl sites for hydroxylation is 2. The lowest BCUT2D eigenvalue weighted by Crippen LogP contribution is -2.29. The molecule has 0 saturated heterocycles. The molecule has 0 radical (unpaired) electrons. The predicted molar refractivity (Wildman–Crippen MR) is 124 cm³/mol. The van der Waals surface area contributed by atoms with Crippen LogP contribution < -0.4 is 9.73 Å². The van der Waals surface area contributed by atoms with Crippen molar-refractivity contribution in [1.82, 2.24) is 9.97 Å². The molecule has 33 heavy (non-hydrogen) atoms. The SMILES string of the molecule is CC1=NN(c2ccccc2)C(=O)[C@H]1N=Nc1ccc(S(=O)(=O)Nc2cc(C)nc(C)n2)cc1. The van der Waals surface area contributed by atoms with E-state index in [-0.39, 0.29) is 16.6 Å². The molecule has 1 aliphatic rings. The zero-order valence-corrected chi connectivity index (χ0v) is 19.0. The number of para-hydroxylation sites is 1. The van der Waals surface area contributed by atoms with E-state index in [0.29, 0.717) is 28.6 Å². The van der Waals surface area contributed by atoms with E-state index in [1.807, 2.05) is 18.2 Å². The molecule has 1 aliphatic heterocycles. The molecule has 0 aliphatic carbocycles. The Morgan fingerprint density at radius 3 is 2.33 bits per heavy atom. The van der Waals surface area contributed by atoms with Crippen molar-refractivity contribution in [2.75, 3.05) is 9.73 Å². The number of anilines is 2. The fraction of sp³-hybridized carbons (Fsp3) is 0.182. The molecule has 0 bridgehead atoms. The van der Waals surface area contributed by atoms with Crippen molar-refractivity contribution in [3.05, 3.63) is 72.2 Å². The Balaban J connectivity index is 1.47. The van der Waals surface area contributed by atoms with Crippen LogP contribution in [0, 0.1) is 13.8 Å². The molecule has 168 valence electrons. The predicted octanol–water partition coefficient (Wildman–Crippen LogP) is 3.77. The fourth-order valence-electron chi connectivity index (χ4n) is 3.23. The number of carbonyl (C=O) groups is 1. The van der Waals surface area contributed by atoms with Crippen LogP contribution >= 0.6 is 0 Å². The van der Waals surface area contributed by atoms with Gasteiger partial charge >= 0.3 is 0 Å². The minimum Gasteiger partial charge on any atom is -0.269 e. The lowest BCUT2D eigenvalue weighted by molar-refractivity contribution is -0.117. The Bertz CT molecular complexity index is 1330. The van der Waals surface area contributed by atoms with E-state index >= 15 is 0 Å². The average Bonchev–Trinajstić information content (AvgIpc) is 3.05. The topological polar surface area (TPSA) is 129 Å². The number of sulfonamides is 1. The zero-order valence-electron chi connectivity index (χ0n) is 18.2. The maximum Gasteiger partial charge on any atom is 0.280 e. The smallest absolute Gasteiger partial charge is 0.269 e. The third-order valence-corrected chi connectivity index (χ3v) is 6.11. The van der Waals surface area contributed by atoms with Crippen LogP contribution in [-0.2, 0) is 14.8 Å². The lowest BCUT2D eigenvalue weighted by atomic mass is 10.2. The number of hydrazone groups is 1. The van der Waals surface area contributed by atoms with E-state index in [1.54, 1.807) is 39.0 Å². The summed E-state index contributed by atoms with van der Waals surface area (Å²) < 4.78 is 27.8. The summed E-state index contributed by atoms with van der Waals surface area (Å²) in [7, 11) is -3.84. The summed E-state index contributed by atoms with van der Waals surface area (Å²) in [5, 5.41) is 13.8. The Labute approximate surface area is 191 Å². The summed E-state index contributed by atoms with van der Waals surface area (Å²) in [4.78, 5) is 21.0. The van der Waals surface area contributed by atoms with E-state index in [2.05, 4.69) is 30.0 Å². The molecule has 0 fully saturated rings. The Morgan fingerprint density at radius 2 is 1.67 bits per heavy atom. The third kappa shape index (κ3) is 4.93. The maximum absolute atomic E-state index is 12.7. The molecule has 10 nitrogen and oxygen atoms in total. The van der Waals surface area contributed by atoms with Crippen molar-refractivity contribution in [2.24, 2.45) is 15.3 Å². The van der Waals surface area contributed by atoms with Gasteiger partial charge in [-0.15, -0.1) is 0 Å². The highest BCUT2D eigenvalue weighted by atomic mass is 32.2. The highest BCUT2D eigenvalue weighted by molar-refractivity contribution is 7.92. The van der Waals surface area contributed by atoms with Crippen molar-refractivity contribution in [3.63, 3.8) is 0 Å². The normalized spacial score (nSPS) is 16.3. The van der Waals surface area contributed by atoms with Crippen molar-refractivity contribution in [3.8, 4) is 0 Å². The van der Waals surface area contributed by atoms with Gasteiger partial charge in [-0.1, -0.05) is 18.2 Å². The van der Waals surface area contributed by atoms with Gasteiger partial charge in [-0.2, -0.15) is 20.3 Å². The molecular formula is C22H21N7O3S. The molecule has 1 atom stereocenters. The van der Waals surface area contributed by atoms with E-state index in [0.717, 1.165) is 0 Å². The third-order valence-electron chi connectivity index (χ3n) is 4.74. The van der Waals surface area contributed by atoms with Gasteiger partial charge < -0.3 is 0 Å². The Hall–Kier alpha value is -3.99. The van der Waals surface area contributed by atoms with Crippen molar-refractivity contribution >= 4 is 38.8 Å². The molecule has 0 saturated carbocycles. The number of aromatic nitrogens is 2. The lowest BCUT2D eigenvalue weighted by Gasteiger charge is -2.11. The molecule has 0 unspecified atom stereocenters. The number of nitrogens with zero attached hydrogens (tertiary/aromatic N) is 6. The number of azo groups is 1. The molecule has 1 aromatic heterocycles. The Kier molecular flexibility index (Phi) is 5.97. The summed E-state index contributed by atoms with van der Waals surface area (Å²) in [6.45, 7) is 5.15. The van der Waals surface area contributed by atoms with Gasteiger partial charge in [0, 0.05) is 11.8 Å². The molecule has 0 spiro atoms. The summed E-state index contributed by atoms with van der Waals surface area (Å²) in [6, 6.07) is 15.6. The number of hydrogen-bond donors (Lipinski definition) is 1. The number of amides is 1. The first-order valence-electron chi connectivity index (χ1n) is 10.0. The van der Waals surface area contributed by atoms with E-state index in [4.69, 9.17) is 0 Å². The highest BCUT2D eigenvalue weighted by Gasteiger charge is 2.34. The van der Waals surface area contributed by atoms with Crippen LogP contribution in [0.25, 0.3) is 0 Å². The number of hydrogen-bond acceptors (Lipinski definition) is 8. The van der Waals surface area contributed by atoms with Crippen molar-refractivity contribution < 1.29 is 13.2 Å². The highest BCUT2D eigenvalue weighted by Crippen LogP contribution is 2.24. The van der Waals surface area contributed by atoms with Crippen LogP contribution in [0.15, 0.2) is 80.9 Å². The largest absolute Gasteiger partial charge is 0.280 e. The standard InChI is InChI=1S/C22H21N7O3S/c1-14-13-20(24-16(3)23-14)28-33(31,32)19-11-9-17(10-12-19)25-26-21-15(2)27-29(22(21)30)18-7-5-4-6-8-18/h4-13,21H,1-3H3,(H,23,24,28)/t21-/m0/s1. The summed E-state index contributed by atoms with van der Waals surface area (Å²) >= 11 is 0. The van der Waals surface area contributed by atoms with Gasteiger partial charge in [-0.25, -0.2) is 18.4 Å². The van der Waals surface area contributed by atoms with Crippen LogP contribution in [0.5, 0.6) is 0 Å². The molecule has 1 N–H and O–H groups in total. The first kappa shape index (κ1) is 22.2. The zero-order chi connectivity index (χ0) is 23.6. The van der Waals surface area contributed by atoms with Gasteiger partial charge in [0.2, 0.25) is 0 Å². The fourth-order valence-corrected chi connectivity index (χ4v) is 4.22. The molecule has 2 aromatic carbocycles. The van der Waals surface area contributed by atoms with Crippen molar-refractivity contribution in [2.45, 2.75) is 31.7 Å². The maximum atomic E-state index is 12.7. The second kappa shape index (κ2) is 8.87. The minimum absolute atomic E-state index is 0.0420. The van der Waals surface area contributed by atoms with Gasteiger partial charge in [0.05, 0.1) is 22.0 Å². The average molecular weight is 464 g/mol. The second-order valence-electron chi connectivity index (χ2n) is 7.39. The first-order valence-corrected chi connectivity index (χ1v) is 11.5. The van der Waals surface area contributed by atoms with E-state index < -0.39 is 16.1 Å². The first-order chi connectivity index (χ1) is 15.7. The number of nitrogens with one attached hydrogen (secondary N) is 1.